The van der Waals surface area contributed by atoms with Crippen LogP contribution in [-0.4, -0.2) is 41.1 Å². The van der Waals surface area contributed by atoms with Gasteiger partial charge in [0, 0.05) is 31.4 Å². The van der Waals surface area contributed by atoms with Crippen LogP contribution in [0.1, 0.15) is 32.1 Å². The Labute approximate surface area is 103 Å². The smallest absolute Gasteiger partial charge is 0.0700 e. The van der Waals surface area contributed by atoms with Gasteiger partial charge in [0.15, 0.2) is 0 Å². The Morgan fingerprint density at radius 3 is 3.00 bits per heavy atom. The third-order valence-corrected chi connectivity index (χ3v) is 4.31. The minimum atomic E-state index is -0.342. The lowest BCUT2D eigenvalue weighted by molar-refractivity contribution is -0.0933. The predicted octanol–water partition coefficient (Wildman–Crippen LogP) is 2.41. The molecule has 16 heavy (non-hydrogen) atoms. The van der Waals surface area contributed by atoms with Crippen molar-refractivity contribution in [1.82, 2.24) is 4.90 Å². The highest BCUT2D eigenvalue weighted by Gasteiger charge is 2.42. The first-order valence-electron chi connectivity index (χ1n) is 6.40. The van der Waals surface area contributed by atoms with Crippen molar-refractivity contribution in [3.63, 3.8) is 0 Å². The summed E-state index contributed by atoms with van der Waals surface area (Å²) in [6.45, 7) is 3.07. The monoisotopic (exact) mass is 243 g/mol. The van der Waals surface area contributed by atoms with Crippen molar-refractivity contribution in [2.45, 2.75) is 37.7 Å². The highest BCUT2D eigenvalue weighted by molar-refractivity contribution is 6.18. The fraction of sp³-hybridized carbons (Fsp3) is 0.846. The summed E-state index contributed by atoms with van der Waals surface area (Å²) in [7, 11) is 0. The van der Waals surface area contributed by atoms with Crippen LogP contribution in [0.25, 0.3) is 0 Å². The quantitative estimate of drug-likeness (QED) is 0.608. The summed E-state index contributed by atoms with van der Waals surface area (Å²) in [6.07, 6.45) is 9.81. The molecule has 0 aromatic carbocycles. The maximum absolute atomic E-state index is 10.5. The zero-order chi connectivity index (χ0) is 11.4. The van der Waals surface area contributed by atoms with E-state index < -0.39 is 0 Å². The second-order valence-electron chi connectivity index (χ2n) is 5.18. The Morgan fingerprint density at radius 1 is 1.31 bits per heavy atom. The molecule has 92 valence electrons. The number of piperidine rings is 1. The maximum Gasteiger partial charge on any atom is 0.0700 e. The average molecular weight is 244 g/mol. The molecular formula is C13H22ClNO. The molecule has 1 aliphatic heterocycles. The maximum atomic E-state index is 10.5. The van der Waals surface area contributed by atoms with E-state index in [9.17, 15) is 5.11 Å². The SMILES string of the molecule is OC12CCCCC1CN(C/C=C/CCl)CC2. The van der Waals surface area contributed by atoms with Gasteiger partial charge in [0.1, 0.15) is 0 Å². The first-order valence-corrected chi connectivity index (χ1v) is 6.94. The van der Waals surface area contributed by atoms with Crippen molar-refractivity contribution in [3.05, 3.63) is 12.2 Å². The van der Waals surface area contributed by atoms with Crippen LogP contribution in [0.2, 0.25) is 0 Å². The van der Waals surface area contributed by atoms with Crippen molar-refractivity contribution < 1.29 is 5.11 Å². The highest BCUT2D eigenvalue weighted by Crippen LogP contribution is 2.39. The van der Waals surface area contributed by atoms with E-state index in [0.717, 1.165) is 32.5 Å². The molecule has 1 aliphatic carbocycles. The molecule has 2 rings (SSSR count). The normalized spacial score (nSPS) is 36.5. The minimum absolute atomic E-state index is 0.342. The number of allylic oxidation sites excluding steroid dienone is 1. The summed E-state index contributed by atoms with van der Waals surface area (Å²) in [6, 6.07) is 0. The summed E-state index contributed by atoms with van der Waals surface area (Å²) in [4.78, 5) is 2.44. The number of halogens is 1. The molecule has 2 unspecified atom stereocenters. The summed E-state index contributed by atoms with van der Waals surface area (Å²) < 4.78 is 0. The molecule has 2 aliphatic rings. The van der Waals surface area contributed by atoms with E-state index in [0.29, 0.717) is 11.8 Å². The number of nitrogens with zero attached hydrogens (tertiary/aromatic N) is 1. The van der Waals surface area contributed by atoms with E-state index in [4.69, 9.17) is 11.6 Å². The van der Waals surface area contributed by atoms with Crippen molar-refractivity contribution in [2.24, 2.45) is 5.92 Å². The molecule has 0 aromatic rings. The number of alkyl halides is 1. The van der Waals surface area contributed by atoms with Crippen LogP contribution < -0.4 is 0 Å². The molecule has 2 fully saturated rings. The van der Waals surface area contributed by atoms with Crippen molar-refractivity contribution in [3.8, 4) is 0 Å². The van der Waals surface area contributed by atoms with Crippen LogP contribution in [0.5, 0.6) is 0 Å². The summed E-state index contributed by atoms with van der Waals surface area (Å²) in [5, 5.41) is 10.5. The van der Waals surface area contributed by atoms with Crippen LogP contribution in [-0.2, 0) is 0 Å². The number of hydrogen-bond acceptors (Lipinski definition) is 2. The zero-order valence-electron chi connectivity index (χ0n) is 9.87. The van der Waals surface area contributed by atoms with Gasteiger partial charge in [-0.05, 0) is 19.3 Å². The molecular weight excluding hydrogens is 222 g/mol. The van der Waals surface area contributed by atoms with Crippen LogP contribution in [0.15, 0.2) is 12.2 Å². The summed E-state index contributed by atoms with van der Waals surface area (Å²) in [5.74, 6) is 1.10. The lowest BCUT2D eigenvalue weighted by atomic mass is 9.71. The van der Waals surface area contributed by atoms with Crippen molar-refractivity contribution in [1.29, 1.82) is 0 Å². The third kappa shape index (κ3) is 2.79. The van der Waals surface area contributed by atoms with Gasteiger partial charge in [0.25, 0.3) is 0 Å². The van der Waals surface area contributed by atoms with E-state index in [1.54, 1.807) is 0 Å². The molecule has 1 saturated heterocycles. The molecule has 1 heterocycles. The van der Waals surface area contributed by atoms with Gasteiger partial charge in [0.2, 0.25) is 0 Å². The lowest BCUT2D eigenvalue weighted by Gasteiger charge is -2.47. The number of fused-ring (bicyclic) bond motifs is 1. The minimum Gasteiger partial charge on any atom is -0.390 e. The molecule has 2 atom stereocenters. The van der Waals surface area contributed by atoms with Crippen LogP contribution in [0.3, 0.4) is 0 Å². The molecule has 1 saturated carbocycles. The second-order valence-corrected chi connectivity index (χ2v) is 5.49. The van der Waals surface area contributed by atoms with Gasteiger partial charge in [-0.2, -0.15) is 0 Å². The molecule has 0 bridgehead atoms. The van der Waals surface area contributed by atoms with E-state index >= 15 is 0 Å². The molecule has 0 amide bonds. The number of aliphatic hydroxyl groups is 1. The fourth-order valence-electron chi connectivity index (χ4n) is 3.09. The Bertz CT molecular complexity index is 256. The van der Waals surface area contributed by atoms with Crippen LogP contribution in [0.4, 0.5) is 0 Å². The largest absolute Gasteiger partial charge is 0.390 e. The molecule has 0 aromatic heterocycles. The fourth-order valence-corrected chi connectivity index (χ4v) is 3.22. The second kappa shape index (κ2) is 5.52. The van der Waals surface area contributed by atoms with Gasteiger partial charge >= 0.3 is 0 Å². The highest BCUT2D eigenvalue weighted by atomic mass is 35.5. The van der Waals surface area contributed by atoms with E-state index in [1.807, 2.05) is 6.08 Å². The Kier molecular flexibility index (Phi) is 4.28. The van der Waals surface area contributed by atoms with Gasteiger partial charge in [-0.1, -0.05) is 25.0 Å². The summed E-state index contributed by atoms with van der Waals surface area (Å²) in [5.41, 5.74) is -0.342. The topological polar surface area (TPSA) is 23.5 Å². The molecule has 0 spiro atoms. The van der Waals surface area contributed by atoms with E-state index in [1.165, 1.54) is 19.3 Å². The van der Waals surface area contributed by atoms with Crippen molar-refractivity contribution in [2.75, 3.05) is 25.5 Å². The molecule has 1 N–H and O–H groups in total. The predicted molar refractivity (Wildman–Crippen MR) is 67.8 cm³/mol. The first-order chi connectivity index (χ1) is 7.74. The molecule has 3 heteroatoms. The Morgan fingerprint density at radius 2 is 2.19 bits per heavy atom. The van der Waals surface area contributed by atoms with E-state index in [2.05, 4.69) is 11.0 Å². The van der Waals surface area contributed by atoms with Gasteiger partial charge in [0.05, 0.1) is 5.60 Å². The first kappa shape index (κ1) is 12.4. The molecule has 2 nitrogen and oxygen atoms in total. The average Bonchev–Trinajstić information content (AvgIpc) is 2.29. The summed E-state index contributed by atoms with van der Waals surface area (Å²) >= 11 is 5.61. The Hall–Kier alpha value is -0.0500. The number of rotatable bonds is 3. The number of likely N-dealkylation sites (tertiary alicyclic amines) is 1. The molecule has 0 radical (unpaired) electrons. The Balaban J connectivity index is 1.87. The van der Waals surface area contributed by atoms with Gasteiger partial charge in [-0.15, -0.1) is 11.6 Å². The lowest BCUT2D eigenvalue weighted by Crippen LogP contribution is -2.53. The van der Waals surface area contributed by atoms with Crippen LogP contribution in [0, 0.1) is 5.92 Å². The van der Waals surface area contributed by atoms with Crippen molar-refractivity contribution >= 4 is 11.6 Å². The third-order valence-electron chi connectivity index (χ3n) is 4.13. The van der Waals surface area contributed by atoms with Gasteiger partial charge in [-0.3, -0.25) is 4.90 Å². The van der Waals surface area contributed by atoms with E-state index in [-0.39, 0.29) is 5.60 Å². The zero-order valence-corrected chi connectivity index (χ0v) is 10.6. The standard InChI is InChI=1S/C13H22ClNO/c14-8-3-4-9-15-10-7-13(16)6-2-1-5-12(13)11-15/h3-4,12,16H,1-2,5-11H2/b4-3+. The van der Waals surface area contributed by atoms with Gasteiger partial charge in [-0.25, -0.2) is 0 Å². The van der Waals surface area contributed by atoms with Gasteiger partial charge < -0.3 is 5.11 Å². The number of hydrogen-bond donors (Lipinski definition) is 1. The van der Waals surface area contributed by atoms with Crippen LogP contribution >= 0.6 is 11.6 Å².